The number of rotatable bonds is 11. The van der Waals surface area contributed by atoms with Crippen LogP contribution in [-0.2, 0) is 6.54 Å². The average Bonchev–Trinajstić information content (AvgIpc) is 3.67. The fourth-order valence-electron chi connectivity index (χ4n) is 4.40. The summed E-state index contributed by atoms with van der Waals surface area (Å²) in [7, 11) is 0. The quantitative estimate of drug-likeness (QED) is 0.174. The lowest BCUT2D eigenvalue weighted by atomic mass is 9.97. The summed E-state index contributed by atoms with van der Waals surface area (Å²) in [6.07, 6.45) is -2.64. The third-order valence-electron chi connectivity index (χ3n) is 6.84. The first-order valence-corrected chi connectivity index (χ1v) is 13.1. The molecule has 2 atom stereocenters. The Morgan fingerprint density at radius 3 is 2.40 bits per heavy atom. The van der Waals surface area contributed by atoms with Gasteiger partial charge in [0, 0.05) is 18.2 Å². The molecule has 0 radical (unpaired) electrons. The second kappa shape index (κ2) is 12.3. The molecule has 14 heteroatoms. The minimum Gasteiger partial charge on any atom is -0.394 e. The Bertz CT molecular complexity index is 1660. The number of aromatic nitrogens is 5. The zero-order valence-corrected chi connectivity index (χ0v) is 22.7. The van der Waals surface area contributed by atoms with Crippen molar-refractivity contribution in [1.29, 1.82) is 0 Å². The zero-order valence-electron chi connectivity index (χ0n) is 22.7. The smallest absolute Gasteiger partial charge is 0.394 e. The highest BCUT2D eigenvalue weighted by Gasteiger charge is 2.52. The number of nitrogens with one attached hydrogen (secondary N) is 2. The molecule has 5 aromatic rings. The van der Waals surface area contributed by atoms with Crippen molar-refractivity contribution in [2.75, 3.05) is 18.5 Å². The lowest BCUT2D eigenvalue weighted by Gasteiger charge is -2.36. The predicted octanol–water partition coefficient (Wildman–Crippen LogP) is 5.38. The molecular formula is C29H26F5N7O2. The molecule has 0 bridgehead atoms. The number of aliphatic hydroxyl groups is 1. The monoisotopic (exact) mass is 599 g/mol. The van der Waals surface area contributed by atoms with Gasteiger partial charge in [0.1, 0.15) is 29.0 Å². The van der Waals surface area contributed by atoms with Crippen LogP contribution in [0.5, 0.6) is 0 Å². The van der Waals surface area contributed by atoms with E-state index in [1.54, 1.807) is 54.6 Å². The molecule has 224 valence electrons. The summed E-state index contributed by atoms with van der Waals surface area (Å²) < 4.78 is 78.4. The van der Waals surface area contributed by atoms with Crippen LogP contribution in [0.3, 0.4) is 0 Å². The molecule has 43 heavy (non-hydrogen) atoms. The van der Waals surface area contributed by atoms with Crippen molar-refractivity contribution in [2.24, 2.45) is 0 Å². The number of benzene rings is 2. The van der Waals surface area contributed by atoms with E-state index in [0.29, 0.717) is 22.5 Å². The first kappa shape index (κ1) is 29.8. The summed E-state index contributed by atoms with van der Waals surface area (Å²) in [5.74, 6) is -2.03. The topological polar surface area (TPSA) is 114 Å². The van der Waals surface area contributed by atoms with Crippen molar-refractivity contribution in [3.63, 3.8) is 0 Å². The van der Waals surface area contributed by atoms with Crippen molar-refractivity contribution in [1.82, 2.24) is 30.2 Å². The molecule has 3 aromatic heterocycles. The molecule has 0 saturated heterocycles. The van der Waals surface area contributed by atoms with Crippen molar-refractivity contribution >= 4 is 5.82 Å². The first-order chi connectivity index (χ1) is 20.6. The van der Waals surface area contributed by atoms with Crippen molar-refractivity contribution < 1.29 is 31.6 Å². The number of alkyl halides is 3. The van der Waals surface area contributed by atoms with Crippen LogP contribution in [0.25, 0.3) is 22.9 Å². The largest absolute Gasteiger partial charge is 0.408 e. The molecule has 3 N–H and O–H groups in total. The van der Waals surface area contributed by atoms with E-state index in [0.717, 1.165) is 13.1 Å². The second-order valence-electron chi connectivity index (χ2n) is 9.91. The standard InChI is InChI=1S/C29H26F5N7O2/c1-28(29(32,33)34,38-24(16-42)18-7-3-2-4-8-18)17-36-26-21(31)14-35-27(37-26)23-13-25(22-11-12-43-40-22)41(39-23)15-19-9-5-6-10-20(19)30/h2-14,24,38,42H,15-17H2,1H3,(H,35,36,37)/t24-,28+/m0/s1. The van der Waals surface area contributed by atoms with Crippen LogP contribution in [0.2, 0.25) is 0 Å². The van der Waals surface area contributed by atoms with E-state index in [4.69, 9.17) is 4.52 Å². The second-order valence-corrected chi connectivity index (χ2v) is 9.91. The molecule has 5 rings (SSSR count). The molecule has 0 unspecified atom stereocenters. The Labute approximate surface area is 242 Å². The van der Waals surface area contributed by atoms with E-state index in [-0.39, 0.29) is 18.1 Å². The van der Waals surface area contributed by atoms with E-state index in [9.17, 15) is 27.1 Å². The molecule has 0 fully saturated rings. The van der Waals surface area contributed by atoms with Crippen molar-refractivity contribution in [2.45, 2.75) is 31.2 Å². The first-order valence-electron chi connectivity index (χ1n) is 13.1. The maximum absolute atomic E-state index is 14.8. The van der Waals surface area contributed by atoms with E-state index < -0.39 is 48.4 Å². The summed E-state index contributed by atoms with van der Waals surface area (Å²) in [5.41, 5.74) is -0.892. The van der Waals surface area contributed by atoms with Crippen LogP contribution in [0.15, 0.2) is 83.7 Å². The lowest BCUT2D eigenvalue weighted by molar-refractivity contribution is -0.190. The van der Waals surface area contributed by atoms with E-state index in [1.165, 1.54) is 23.1 Å². The number of halogens is 5. The van der Waals surface area contributed by atoms with Gasteiger partial charge in [0.2, 0.25) is 0 Å². The van der Waals surface area contributed by atoms with Crippen LogP contribution in [0.4, 0.5) is 27.8 Å². The van der Waals surface area contributed by atoms with Gasteiger partial charge < -0.3 is 14.9 Å². The fourth-order valence-corrected chi connectivity index (χ4v) is 4.40. The SMILES string of the molecule is C[C@](CNc1nc(-c2cc(-c3ccon3)n(Cc3ccccc3F)n2)ncc1F)(N[C@@H](CO)c1ccccc1)C(F)(F)F. The van der Waals surface area contributed by atoms with Gasteiger partial charge in [-0.15, -0.1) is 0 Å². The molecule has 0 spiro atoms. The van der Waals surface area contributed by atoms with Crippen molar-refractivity contribution in [3.8, 4) is 22.9 Å². The number of anilines is 1. The Kier molecular flexibility index (Phi) is 8.50. The molecule has 0 aliphatic carbocycles. The van der Waals surface area contributed by atoms with Crippen molar-refractivity contribution in [3.05, 3.63) is 102 Å². The third-order valence-corrected chi connectivity index (χ3v) is 6.84. The van der Waals surface area contributed by atoms with Gasteiger partial charge in [0.15, 0.2) is 17.5 Å². The number of hydrogen-bond acceptors (Lipinski definition) is 8. The highest BCUT2D eigenvalue weighted by Crippen LogP contribution is 2.33. The fraction of sp³-hybridized carbons (Fsp3) is 0.241. The van der Waals surface area contributed by atoms with Gasteiger partial charge in [-0.3, -0.25) is 10.00 Å². The Morgan fingerprint density at radius 1 is 0.977 bits per heavy atom. The molecule has 0 aliphatic heterocycles. The summed E-state index contributed by atoms with van der Waals surface area (Å²) in [6, 6.07) is 16.3. The molecule has 2 aromatic carbocycles. The minimum atomic E-state index is -4.80. The van der Waals surface area contributed by atoms with Gasteiger partial charge in [-0.05, 0) is 24.6 Å². The Morgan fingerprint density at radius 2 is 1.72 bits per heavy atom. The lowest BCUT2D eigenvalue weighted by Crippen LogP contribution is -2.60. The van der Waals surface area contributed by atoms with E-state index >= 15 is 0 Å². The summed E-state index contributed by atoms with van der Waals surface area (Å²) in [5, 5.41) is 23.1. The van der Waals surface area contributed by atoms with Crippen LogP contribution < -0.4 is 10.6 Å². The van der Waals surface area contributed by atoms with E-state index in [2.05, 4.69) is 30.9 Å². The Hall–Kier alpha value is -4.69. The minimum absolute atomic E-state index is 0.00418. The van der Waals surface area contributed by atoms with Crippen LogP contribution >= 0.6 is 0 Å². The zero-order chi connectivity index (χ0) is 30.6. The normalized spacial score (nSPS) is 13.9. The van der Waals surface area contributed by atoms with Gasteiger partial charge >= 0.3 is 6.18 Å². The van der Waals surface area contributed by atoms with Crippen LogP contribution in [0.1, 0.15) is 24.1 Å². The van der Waals surface area contributed by atoms with Crippen LogP contribution in [-0.4, -0.2) is 54.9 Å². The molecule has 9 nitrogen and oxygen atoms in total. The number of nitrogens with zero attached hydrogens (tertiary/aromatic N) is 5. The molecular weight excluding hydrogens is 573 g/mol. The Balaban J connectivity index is 1.43. The third kappa shape index (κ3) is 6.54. The molecule has 0 saturated carbocycles. The summed E-state index contributed by atoms with van der Waals surface area (Å²) >= 11 is 0. The van der Waals surface area contributed by atoms with Gasteiger partial charge in [-0.1, -0.05) is 53.7 Å². The maximum atomic E-state index is 14.8. The number of aliphatic hydroxyl groups excluding tert-OH is 1. The molecule has 0 aliphatic rings. The molecule has 0 amide bonds. The predicted molar refractivity (Wildman–Crippen MR) is 147 cm³/mol. The maximum Gasteiger partial charge on any atom is 0.408 e. The van der Waals surface area contributed by atoms with Gasteiger partial charge in [0.05, 0.1) is 31.1 Å². The van der Waals surface area contributed by atoms with E-state index in [1.807, 2.05) is 0 Å². The highest BCUT2D eigenvalue weighted by atomic mass is 19.4. The average molecular weight is 600 g/mol. The van der Waals surface area contributed by atoms with Gasteiger partial charge in [0.25, 0.3) is 0 Å². The summed E-state index contributed by atoms with van der Waals surface area (Å²) in [4.78, 5) is 8.08. The highest BCUT2D eigenvalue weighted by molar-refractivity contribution is 5.63. The van der Waals surface area contributed by atoms with Crippen LogP contribution in [0, 0.1) is 11.6 Å². The van der Waals surface area contributed by atoms with Gasteiger partial charge in [-0.2, -0.15) is 18.3 Å². The molecule has 3 heterocycles. The summed E-state index contributed by atoms with van der Waals surface area (Å²) in [6.45, 7) is -0.533. The van der Waals surface area contributed by atoms with Gasteiger partial charge in [-0.25, -0.2) is 18.7 Å². The number of hydrogen-bond donors (Lipinski definition) is 3.